The van der Waals surface area contributed by atoms with Gasteiger partial charge in [0.2, 0.25) is 0 Å². The van der Waals surface area contributed by atoms with Crippen molar-refractivity contribution in [2.24, 2.45) is 0 Å². The van der Waals surface area contributed by atoms with Gasteiger partial charge in [0.15, 0.2) is 0 Å². The number of hydrogen-bond acceptors (Lipinski definition) is 3. The highest BCUT2D eigenvalue weighted by Crippen LogP contribution is 2.23. The number of carboxylic acids is 1. The van der Waals surface area contributed by atoms with Crippen LogP contribution in [0.3, 0.4) is 0 Å². The highest BCUT2D eigenvalue weighted by molar-refractivity contribution is 6.30. The van der Waals surface area contributed by atoms with E-state index >= 15 is 0 Å². The summed E-state index contributed by atoms with van der Waals surface area (Å²) in [5.41, 5.74) is -0.326. The normalized spacial score (nSPS) is 12.6. The molecule has 0 bridgehead atoms. The topological polar surface area (TPSA) is 75.6 Å². The fraction of sp³-hybridized carbons (Fsp3) is 0.429. The van der Waals surface area contributed by atoms with Gasteiger partial charge in [-0.1, -0.05) is 17.7 Å². The molecule has 0 aliphatic carbocycles. The van der Waals surface area contributed by atoms with Gasteiger partial charge in [-0.3, -0.25) is 4.79 Å². The van der Waals surface area contributed by atoms with Crippen LogP contribution in [0.15, 0.2) is 18.2 Å². The zero-order valence-electron chi connectivity index (χ0n) is 11.9. The van der Waals surface area contributed by atoms with E-state index in [4.69, 9.17) is 21.4 Å². The number of amides is 1. The number of aliphatic carboxylic acids is 1. The molecule has 1 unspecified atom stereocenters. The lowest BCUT2D eigenvalue weighted by Gasteiger charge is -2.23. The van der Waals surface area contributed by atoms with Crippen molar-refractivity contribution >= 4 is 23.7 Å². The SMILES string of the molecule is CC(C)(C)OC(=O)NC(CC(=O)O)c1ccc(F)c(Cl)c1. The lowest BCUT2D eigenvalue weighted by atomic mass is 10.0. The minimum atomic E-state index is -1.11. The van der Waals surface area contributed by atoms with E-state index in [-0.39, 0.29) is 11.4 Å². The van der Waals surface area contributed by atoms with Crippen LogP contribution in [0, 0.1) is 5.82 Å². The molecule has 0 aliphatic rings. The van der Waals surface area contributed by atoms with E-state index in [0.717, 1.165) is 6.07 Å². The Morgan fingerprint density at radius 3 is 2.52 bits per heavy atom. The highest BCUT2D eigenvalue weighted by Gasteiger charge is 2.23. The van der Waals surface area contributed by atoms with E-state index < -0.39 is 29.5 Å². The maximum Gasteiger partial charge on any atom is 0.408 e. The maximum atomic E-state index is 13.1. The third-order valence-electron chi connectivity index (χ3n) is 2.42. The summed E-state index contributed by atoms with van der Waals surface area (Å²) in [4.78, 5) is 22.6. The van der Waals surface area contributed by atoms with E-state index in [1.807, 2.05) is 0 Å². The van der Waals surface area contributed by atoms with Gasteiger partial charge in [0.25, 0.3) is 0 Å². The third kappa shape index (κ3) is 5.99. The first kappa shape index (κ1) is 17.2. The number of alkyl carbamates (subject to hydrolysis) is 1. The molecule has 0 saturated heterocycles. The van der Waals surface area contributed by atoms with Crippen LogP contribution in [0.1, 0.15) is 38.8 Å². The smallest absolute Gasteiger partial charge is 0.408 e. The Balaban J connectivity index is 2.92. The molecule has 0 spiro atoms. The minimum absolute atomic E-state index is 0.145. The van der Waals surface area contributed by atoms with Gasteiger partial charge in [-0.25, -0.2) is 9.18 Å². The first-order chi connectivity index (χ1) is 9.58. The number of carbonyl (C=O) groups excluding carboxylic acids is 1. The summed E-state index contributed by atoms with van der Waals surface area (Å²) in [7, 11) is 0. The molecule has 1 aromatic carbocycles. The van der Waals surface area contributed by atoms with E-state index in [2.05, 4.69) is 5.32 Å². The van der Waals surface area contributed by atoms with Gasteiger partial charge in [-0.15, -0.1) is 0 Å². The molecule has 1 atom stereocenters. The third-order valence-corrected chi connectivity index (χ3v) is 2.71. The van der Waals surface area contributed by atoms with Crippen molar-refractivity contribution in [2.75, 3.05) is 0 Å². The standard InChI is InChI=1S/C14H17ClFNO4/c1-14(2,3)21-13(20)17-11(7-12(18)19)8-4-5-10(16)9(15)6-8/h4-6,11H,7H2,1-3H3,(H,17,20)(H,18,19). The van der Waals surface area contributed by atoms with Crippen LogP contribution in [0.5, 0.6) is 0 Å². The quantitative estimate of drug-likeness (QED) is 0.891. The largest absolute Gasteiger partial charge is 0.481 e. The number of nitrogens with one attached hydrogen (secondary N) is 1. The van der Waals surface area contributed by atoms with Crippen LogP contribution in [-0.4, -0.2) is 22.8 Å². The molecule has 7 heteroatoms. The Kier molecular flexibility index (Phi) is 5.54. The van der Waals surface area contributed by atoms with Gasteiger partial charge in [0.05, 0.1) is 17.5 Å². The summed E-state index contributed by atoms with van der Waals surface area (Å²) >= 11 is 5.67. The van der Waals surface area contributed by atoms with Crippen LogP contribution in [0.2, 0.25) is 5.02 Å². The lowest BCUT2D eigenvalue weighted by molar-refractivity contribution is -0.137. The first-order valence-electron chi connectivity index (χ1n) is 6.25. The van der Waals surface area contributed by atoms with Crippen molar-refractivity contribution in [3.8, 4) is 0 Å². The summed E-state index contributed by atoms with van der Waals surface area (Å²) in [5.74, 6) is -1.73. The maximum absolute atomic E-state index is 13.1. The molecule has 0 saturated carbocycles. The predicted molar refractivity (Wildman–Crippen MR) is 75.8 cm³/mol. The Labute approximate surface area is 127 Å². The molecule has 0 aliphatic heterocycles. The highest BCUT2D eigenvalue weighted by atomic mass is 35.5. The molecule has 0 aromatic heterocycles. The van der Waals surface area contributed by atoms with Crippen LogP contribution >= 0.6 is 11.6 Å². The number of carboxylic acid groups (broad SMARTS) is 1. The van der Waals surface area contributed by atoms with E-state index in [1.165, 1.54) is 12.1 Å². The second-order valence-corrected chi connectivity index (χ2v) is 5.88. The number of hydrogen-bond donors (Lipinski definition) is 2. The van der Waals surface area contributed by atoms with Gasteiger partial charge < -0.3 is 15.2 Å². The van der Waals surface area contributed by atoms with Crippen molar-refractivity contribution < 1.29 is 23.8 Å². The van der Waals surface area contributed by atoms with Gasteiger partial charge in [-0.05, 0) is 38.5 Å². The molecule has 1 aromatic rings. The zero-order valence-corrected chi connectivity index (χ0v) is 12.7. The molecule has 0 fully saturated rings. The molecule has 21 heavy (non-hydrogen) atoms. The van der Waals surface area contributed by atoms with Crippen LogP contribution in [0.4, 0.5) is 9.18 Å². The van der Waals surface area contributed by atoms with Gasteiger partial charge in [0, 0.05) is 0 Å². The molecular formula is C14H17ClFNO4. The number of halogens is 2. The molecular weight excluding hydrogens is 301 g/mol. The minimum Gasteiger partial charge on any atom is -0.481 e. The average Bonchev–Trinajstić information content (AvgIpc) is 2.28. The Morgan fingerprint density at radius 1 is 1.43 bits per heavy atom. The lowest BCUT2D eigenvalue weighted by Crippen LogP contribution is -2.35. The number of ether oxygens (including phenoxy) is 1. The Bertz CT molecular complexity index is 542. The summed E-state index contributed by atoms with van der Waals surface area (Å²) in [6.07, 6.45) is -1.13. The summed E-state index contributed by atoms with van der Waals surface area (Å²) in [6.45, 7) is 5.06. The fourth-order valence-corrected chi connectivity index (χ4v) is 1.79. The summed E-state index contributed by atoms with van der Waals surface area (Å²) in [5, 5.41) is 11.2. The molecule has 0 radical (unpaired) electrons. The zero-order chi connectivity index (χ0) is 16.2. The van der Waals surface area contributed by atoms with E-state index in [0.29, 0.717) is 5.56 Å². The summed E-state index contributed by atoms with van der Waals surface area (Å²) < 4.78 is 18.2. The summed E-state index contributed by atoms with van der Waals surface area (Å²) in [6, 6.07) is 2.90. The second-order valence-electron chi connectivity index (χ2n) is 5.47. The van der Waals surface area contributed by atoms with E-state index in [1.54, 1.807) is 20.8 Å². The van der Waals surface area contributed by atoms with Crippen molar-refractivity contribution in [3.05, 3.63) is 34.6 Å². The fourth-order valence-electron chi connectivity index (χ4n) is 1.61. The Hall–Kier alpha value is -1.82. The second kappa shape index (κ2) is 6.76. The number of benzene rings is 1. The molecule has 1 amide bonds. The number of carbonyl (C=O) groups is 2. The van der Waals surface area contributed by atoms with Crippen molar-refractivity contribution in [3.63, 3.8) is 0 Å². The first-order valence-corrected chi connectivity index (χ1v) is 6.62. The molecule has 2 N–H and O–H groups in total. The van der Waals surface area contributed by atoms with Crippen molar-refractivity contribution in [2.45, 2.75) is 38.8 Å². The Morgan fingerprint density at radius 2 is 2.05 bits per heavy atom. The van der Waals surface area contributed by atoms with Gasteiger partial charge in [0.1, 0.15) is 11.4 Å². The van der Waals surface area contributed by atoms with Crippen LogP contribution in [-0.2, 0) is 9.53 Å². The predicted octanol–water partition coefficient (Wildman–Crippen LogP) is 3.52. The van der Waals surface area contributed by atoms with Crippen molar-refractivity contribution in [1.29, 1.82) is 0 Å². The van der Waals surface area contributed by atoms with Gasteiger partial charge in [-0.2, -0.15) is 0 Å². The van der Waals surface area contributed by atoms with Crippen LogP contribution < -0.4 is 5.32 Å². The molecule has 1 rings (SSSR count). The van der Waals surface area contributed by atoms with Crippen LogP contribution in [0.25, 0.3) is 0 Å². The molecule has 116 valence electrons. The van der Waals surface area contributed by atoms with Gasteiger partial charge >= 0.3 is 12.1 Å². The van der Waals surface area contributed by atoms with Crippen molar-refractivity contribution in [1.82, 2.24) is 5.32 Å². The number of rotatable bonds is 4. The molecule has 0 heterocycles. The monoisotopic (exact) mass is 317 g/mol. The average molecular weight is 318 g/mol. The van der Waals surface area contributed by atoms with E-state index in [9.17, 15) is 14.0 Å². The molecule has 5 nitrogen and oxygen atoms in total.